The van der Waals surface area contributed by atoms with Crippen molar-refractivity contribution in [2.45, 2.75) is 32.8 Å². The molecular weight excluding hydrogens is 172 g/mol. The molecule has 13 heavy (non-hydrogen) atoms. The number of hydrazine groups is 1. The zero-order chi connectivity index (χ0) is 10.1. The number of carbonyl (C=O) groups is 2. The topological polar surface area (TPSA) is 58.6 Å². The summed E-state index contributed by atoms with van der Waals surface area (Å²) in [5.41, 5.74) is 1.82. The van der Waals surface area contributed by atoms with Gasteiger partial charge in [-0.2, -0.15) is 0 Å². The summed E-state index contributed by atoms with van der Waals surface area (Å²) in [6.45, 7) is 5.87. The maximum atomic E-state index is 11.1. The Morgan fingerprint density at radius 1 is 1.54 bits per heavy atom. The number of nitrogens with one attached hydrogen (secondary N) is 1. The molecular formula is C8H14N2O3. The molecule has 1 saturated heterocycles. The minimum absolute atomic E-state index is 0.0779. The summed E-state index contributed by atoms with van der Waals surface area (Å²) in [4.78, 5) is 21.9. The van der Waals surface area contributed by atoms with Crippen LogP contribution in [0.2, 0.25) is 0 Å². The number of rotatable bonds is 1. The van der Waals surface area contributed by atoms with E-state index in [-0.39, 0.29) is 5.91 Å². The minimum atomic E-state index is -0.583. The summed E-state index contributed by atoms with van der Waals surface area (Å²) < 4.78 is 4.95. The normalized spacial score (nSPS) is 16.5. The molecule has 0 atom stereocenters. The van der Waals surface area contributed by atoms with Gasteiger partial charge in [-0.25, -0.2) is 10.2 Å². The highest BCUT2D eigenvalue weighted by Crippen LogP contribution is 2.09. The van der Waals surface area contributed by atoms with Gasteiger partial charge in [-0.05, 0) is 20.8 Å². The Morgan fingerprint density at radius 3 is 2.46 bits per heavy atom. The van der Waals surface area contributed by atoms with Gasteiger partial charge in [0.1, 0.15) is 5.60 Å². The fraction of sp³-hybridized carbons (Fsp3) is 0.750. The Kier molecular flexibility index (Phi) is 2.45. The van der Waals surface area contributed by atoms with E-state index in [4.69, 9.17) is 4.74 Å². The Balaban J connectivity index is 2.29. The second kappa shape index (κ2) is 3.24. The van der Waals surface area contributed by atoms with E-state index < -0.39 is 11.7 Å². The van der Waals surface area contributed by atoms with Crippen molar-refractivity contribution in [1.82, 2.24) is 10.4 Å². The molecule has 0 unspecified atom stereocenters. The molecule has 0 aromatic rings. The predicted octanol–water partition coefficient (Wildman–Crippen LogP) is 0.658. The summed E-state index contributed by atoms with van der Waals surface area (Å²) in [5.74, 6) is -0.0779. The maximum absolute atomic E-state index is 11.1. The van der Waals surface area contributed by atoms with Crippen LogP contribution in [0.25, 0.3) is 0 Å². The van der Waals surface area contributed by atoms with Gasteiger partial charge in [0.25, 0.3) is 0 Å². The number of β-lactam (4-membered cyclic amide) rings is 1. The van der Waals surface area contributed by atoms with Crippen LogP contribution in [0.4, 0.5) is 4.79 Å². The summed E-state index contributed by atoms with van der Waals surface area (Å²) in [6.07, 6.45) is -0.0870. The van der Waals surface area contributed by atoms with Crippen LogP contribution in [0.1, 0.15) is 27.2 Å². The molecule has 0 aliphatic carbocycles. The average Bonchev–Trinajstić information content (AvgIpc) is 1.94. The molecule has 1 heterocycles. The van der Waals surface area contributed by atoms with E-state index >= 15 is 0 Å². The molecule has 0 radical (unpaired) electrons. The summed E-state index contributed by atoms with van der Waals surface area (Å²) in [7, 11) is 0. The van der Waals surface area contributed by atoms with E-state index in [2.05, 4.69) is 5.43 Å². The largest absolute Gasteiger partial charge is 0.443 e. The molecule has 1 aliphatic rings. The third-order valence-corrected chi connectivity index (χ3v) is 1.48. The molecule has 1 aliphatic heterocycles. The van der Waals surface area contributed by atoms with Crippen molar-refractivity contribution in [3.8, 4) is 0 Å². The average molecular weight is 186 g/mol. The van der Waals surface area contributed by atoms with E-state index in [1.165, 1.54) is 5.01 Å². The van der Waals surface area contributed by atoms with Crippen LogP contribution < -0.4 is 5.43 Å². The Morgan fingerprint density at radius 2 is 2.15 bits per heavy atom. The van der Waals surface area contributed by atoms with Crippen molar-refractivity contribution in [3.63, 3.8) is 0 Å². The van der Waals surface area contributed by atoms with E-state index in [9.17, 15) is 9.59 Å². The molecule has 5 nitrogen and oxygen atoms in total. The van der Waals surface area contributed by atoms with E-state index in [0.29, 0.717) is 13.0 Å². The maximum Gasteiger partial charge on any atom is 0.426 e. The fourth-order valence-electron chi connectivity index (χ4n) is 0.844. The second-order valence-electron chi connectivity index (χ2n) is 3.91. The number of hydrogen-bond donors (Lipinski definition) is 1. The lowest BCUT2D eigenvalue weighted by Crippen LogP contribution is -2.55. The van der Waals surface area contributed by atoms with Gasteiger partial charge in [-0.15, -0.1) is 0 Å². The first kappa shape index (κ1) is 9.83. The van der Waals surface area contributed by atoms with Crippen LogP contribution in [-0.4, -0.2) is 29.2 Å². The lowest BCUT2D eigenvalue weighted by atomic mass is 10.2. The van der Waals surface area contributed by atoms with Crippen LogP contribution in [0.15, 0.2) is 0 Å². The fourth-order valence-corrected chi connectivity index (χ4v) is 0.844. The Labute approximate surface area is 77.0 Å². The molecule has 1 fully saturated rings. The van der Waals surface area contributed by atoms with Crippen molar-refractivity contribution in [3.05, 3.63) is 0 Å². The molecule has 0 spiro atoms. The lowest BCUT2D eigenvalue weighted by molar-refractivity contribution is -0.143. The summed E-state index contributed by atoms with van der Waals surface area (Å²) in [6, 6.07) is 0. The highest BCUT2D eigenvalue weighted by molar-refractivity contribution is 5.83. The smallest absolute Gasteiger partial charge is 0.426 e. The third kappa shape index (κ3) is 2.93. The molecule has 0 aromatic heterocycles. The van der Waals surface area contributed by atoms with Crippen LogP contribution >= 0.6 is 0 Å². The van der Waals surface area contributed by atoms with Gasteiger partial charge in [0.15, 0.2) is 0 Å². The zero-order valence-corrected chi connectivity index (χ0v) is 8.09. The van der Waals surface area contributed by atoms with Crippen molar-refractivity contribution in [2.24, 2.45) is 0 Å². The Hall–Kier alpha value is -1.26. The van der Waals surface area contributed by atoms with Gasteiger partial charge in [0, 0.05) is 6.42 Å². The SMILES string of the molecule is CC(C)(C)OC(=O)NN1CCC1=O. The Bertz CT molecular complexity index is 232. The van der Waals surface area contributed by atoms with Gasteiger partial charge in [0.05, 0.1) is 6.54 Å². The number of nitrogens with zero attached hydrogens (tertiary/aromatic N) is 1. The van der Waals surface area contributed by atoms with Gasteiger partial charge in [-0.3, -0.25) is 9.80 Å². The molecule has 5 heteroatoms. The third-order valence-electron chi connectivity index (χ3n) is 1.48. The quantitative estimate of drug-likeness (QED) is 0.612. The summed E-state index contributed by atoms with van der Waals surface area (Å²) >= 11 is 0. The molecule has 0 bridgehead atoms. The first-order valence-corrected chi connectivity index (χ1v) is 4.18. The molecule has 0 saturated carbocycles. The second-order valence-corrected chi connectivity index (χ2v) is 3.91. The van der Waals surface area contributed by atoms with E-state index in [1.54, 1.807) is 20.8 Å². The molecule has 0 aromatic carbocycles. The van der Waals surface area contributed by atoms with Gasteiger partial charge >= 0.3 is 6.09 Å². The molecule has 74 valence electrons. The minimum Gasteiger partial charge on any atom is -0.443 e. The van der Waals surface area contributed by atoms with Gasteiger partial charge in [0.2, 0.25) is 5.91 Å². The number of amides is 2. The molecule has 1 rings (SSSR count). The first-order chi connectivity index (χ1) is 5.88. The monoisotopic (exact) mass is 186 g/mol. The zero-order valence-electron chi connectivity index (χ0n) is 8.09. The van der Waals surface area contributed by atoms with Crippen LogP contribution in [0, 0.1) is 0 Å². The predicted molar refractivity (Wildman–Crippen MR) is 45.7 cm³/mol. The molecule has 1 N–H and O–H groups in total. The van der Waals surface area contributed by atoms with Crippen molar-refractivity contribution < 1.29 is 14.3 Å². The molecule has 2 amide bonds. The highest BCUT2D eigenvalue weighted by atomic mass is 16.6. The van der Waals surface area contributed by atoms with Gasteiger partial charge in [-0.1, -0.05) is 0 Å². The lowest BCUT2D eigenvalue weighted by Gasteiger charge is -2.31. The number of ether oxygens (including phenoxy) is 1. The number of hydrogen-bond acceptors (Lipinski definition) is 3. The van der Waals surface area contributed by atoms with Crippen LogP contribution in [-0.2, 0) is 9.53 Å². The van der Waals surface area contributed by atoms with Crippen LogP contribution in [0.3, 0.4) is 0 Å². The van der Waals surface area contributed by atoms with Crippen molar-refractivity contribution in [2.75, 3.05) is 6.54 Å². The van der Waals surface area contributed by atoms with Crippen molar-refractivity contribution >= 4 is 12.0 Å². The standard InChI is InChI=1S/C8H14N2O3/c1-8(2,3)13-7(12)9-10-5-4-6(10)11/h4-5H2,1-3H3,(H,9,12). The highest BCUT2D eigenvalue weighted by Gasteiger charge is 2.27. The summed E-state index contributed by atoms with van der Waals surface area (Å²) in [5, 5.41) is 1.24. The first-order valence-electron chi connectivity index (χ1n) is 4.18. The van der Waals surface area contributed by atoms with E-state index in [0.717, 1.165) is 0 Å². The van der Waals surface area contributed by atoms with Gasteiger partial charge < -0.3 is 4.74 Å². The van der Waals surface area contributed by atoms with Crippen LogP contribution in [0.5, 0.6) is 0 Å². The van der Waals surface area contributed by atoms with Crippen molar-refractivity contribution in [1.29, 1.82) is 0 Å². The number of carbonyl (C=O) groups excluding carboxylic acids is 2. The van der Waals surface area contributed by atoms with E-state index in [1.807, 2.05) is 0 Å².